The smallest absolute Gasteiger partial charge is 0.251 e. The van der Waals surface area contributed by atoms with Crippen LogP contribution in [0.4, 0.5) is 4.39 Å². The number of hydrogen-bond acceptors (Lipinski definition) is 3. The van der Waals surface area contributed by atoms with E-state index in [0.29, 0.717) is 31.1 Å². The molecule has 3 fully saturated rings. The Morgan fingerprint density at radius 2 is 1.85 bits per heavy atom. The van der Waals surface area contributed by atoms with Crippen LogP contribution in [0.5, 0.6) is 0 Å². The van der Waals surface area contributed by atoms with Crippen molar-refractivity contribution >= 4 is 23.4 Å². The Morgan fingerprint density at radius 1 is 1.19 bits per heavy atom. The number of nitrogens with one attached hydrogen (secondary N) is 2. The summed E-state index contributed by atoms with van der Waals surface area (Å²) in [6, 6.07) is 4.64. The lowest BCUT2D eigenvalue weighted by atomic mass is 9.73. The average molecular weight is 396 g/mol. The Labute approximate surface area is 164 Å². The Bertz CT molecular complexity index is 702. The summed E-state index contributed by atoms with van der Waals surface area (Å²) in [6.45, 7) is 6.93. The molecule has 1 saturated carbocycles. The van der Waals surface area contributed by atoms with Crippen LogP contribution in [-0.4, -0.2) is 47.4 Å². The van der Waals surface area contributed by atoms with Crippen LogP contribution in [-0.2, 0) is 4.79 Å². The van der Waals surface area contributed by atoms with Gasteiger partial charge < -0.3 is 10.6 Å². The van der Waals surface area contributed by atoms with Crippen molar-refractivity contribution in [1.29, 1.82) is 0 Å². The topological polar surface area (TPSA) is 61.4 Å². The lowest BCUT2D eigenvalue weighted by molar-refractivity contribution is -0.131. The van der Waals surface area contributed by atoms with Gasteiger partial charge in [0.2, 0.25) is 5.91 Å². The quantitative estimate of drug-likeness (QED) is 0.805. The van der Waals surface area contributed by atoms with Crippen molar-refractivity contribution < 1.29 is 14.0 Å². The molecule has 1 aliphatic carbocycles. The number of halogens is 2. The second-order valence-electron chi connectivity index (χ2n) is 8.72. The van der Waals surface area contributed by atoms with E-state index in [1.165, 1.54) is 18.2 Å². The molecule has 1 aromatic rings. The van der Waals surface area contributed by atoms with E-state index in [4.69, 9.17) is 11.6 Å². The van der Waals surface area contributed by atoms with E-state index in [1.54, 1.807) is 0 Å². The summed E-state index contributed by atoms with van der Waals surface area (Å²) >= 11 is 5.81. The van der Waals surface area contributed by atoms with Gasteiger partial charge in [0.25, 0.3) is 5.91 Å². The van der Waals surface area contributed by atoms with E-state index < -0.39 is 5.82 Å². The van der Waals surface area contributed by atoms with Gasteiger partial charge in [0.15, 0.2) is 0 Å². The summed E-state index contributed by atoms with van der Waals surface area (Å²) in [5.74, 6) is -0.386. The van der Waals surface area contributed by atoms with Crippen LogP contribution in [0.25, 0.3) is 0 Å². The Hall–Kier alpha value is -1.66. The fourth-order valence-electron chi connectivity index (χ4n) is 4.15. The Kier molecular flexibility index (Phi) is 5.77. The Morgan fingerprint density at radius 3 is 2.44 bits per heavy atom. The molecule has 2 bridgehead atoms. The lowest BCUT2D eigenvalue weighted by Crippen LogP contribution is -2.64. The molecule has 0 spiro atoms. The van der Waals surface area contributed by atoms with Gasteiger partial charge in [-0.1, -0.05) is 11.6 Å². The van der Waals surface area contributed by atoms with Gasteiger partial charge in [-0.2, -0.15) is 0 Å². The first-order valence-corrected chi connectivity index (χ1v) is 9.79. The van der Waals surface area contributed by atoms with Crippen LogP contribution < -0.4 is 10.6 Å². The second kappa shape index (κ2) is 7.76. The van der Waals surface area contributed by atoms with Crippen molar-refractivity contribution in [2.75, 3.05) is 13.1 Å². The molecule has 2 heterocycles. The third-order valence-electron chi connectivity index (χ3n) is 5.21. The highest BCUT2D eigenvalue weighted by atomic mass is 35.5. The molecule has 1 aromatic carbocycles. The number of benzene rings is 1. The molecular weight excluding hydrogens is 369 g/mol. The Balaban J connectivity index is 1.46. The zero-order chi connectivity index (χ0) is 19.8. The number of rotatable bonds is 5. The van der Waals surface area contributed by atoms with Gasteiger partial charge in [-0.25, -0.2) is 4.39 Å². The number of fused-ring (bicyclic) bond motifs is 2. The maximum absolute atomic E-state index is 13.4. The highest BCUT2D eigenvalue weighted by molar-refractivity contribution is 6.31. The monoisotopic (exact) mass is 395 g/mol. The van der Waals surface area contributed by atoms with Gasteiger partial charge in [0.05, 0.1) is 6.54 Å². The SMILES string of the molecule is CC(C)(C)NC(=O)CN1C2CC(CNC(=O)c3cc(F)cc(Cl)c3)CC1C2. The fraction of sp³-hybridized carbons (Fsp3) is 0.600. The standard InChI is InChI=1S/C20H27ClFN3O2/c1-20(2,3)24-18(26)11-25-16-4-12(5-17(25)9-16)10-23-19(27)13-6-14(21)8-15(22)7-13/h6-8,12,16-17H,4-5,9-11H2,1-3H3,(H,23,27)(H,24,26). The van der Waals surface area contributed by atoms with Gasteiger partial charge in [-0.15, -0.1) is 0 Å². The summed E-state index contributed by atoms with van der Waals surface area (Å²) in [4.78, 5) is 26.6. The van der Waals surface area contributed by atoms with E-state index in [9.17, 15) is 14.0 Å². The summed E-state index contributed by atoms with van der Waals surface area (Å²) in [5.41, 5.74) is 0.0189. The van der Waals surface area contributed by atoms with Crippen molar-refractivity contribution in [3.05, 3.63) is 34.6 Å². The predicted molar refractivity (Wildman–Crippen MR) is 103 cm³/mol. The first-order chi connectivity index (χ1) is 12.6. The number of hydrogen-bond donors (Lipinski definition) is 2. The molecule has 2 N–H and O–H groups in total. The third-order valence-corrected chi connectivity index (χ3v) is 5.43. The van der Waals surface area contributed by atoms with Crippen molar-refractivity contribution in [2.45, 2.75) is 57.7 Å². The van der Waals surface area contributed by atoms with Gasteiger partial charge in [0, 0.05) is 34.8 Å². The highest BCUT2D eigenvalue weighted by Crippen LogP contribution is 2.40. The molecule has 3 aliphatic rings. The molecule has 2 unspecified atom stereocenters. The lowest BCUT2D eigenvalue weighted by Gasteiger charge is -2.55. The van der Waals surface area contributed by atoms with E-state index in [1.807, 2.05) is 20.8 Å². The molecular formula is C20H27ClFN3O2. The molecule has 148 valence electrons. The van der Waals surface area contributed by atoms with Crippen LogP contribution in [0, 0.1) is 11.7 Å². The van der Waals surface area contributed by atoms with Gasteiger partial charge in [0.1, 0.15) is 5.82 Å². The molecule has 2 aliphatic heterocycles. The van der Waals surface area contributed by atoms with E-state index in [-0.39, 0.29) is 27.9 Å². The number of carbonyl (C=O) groups excluding carboxylic acids is 2. The molecule has 7 heteroatoms. The first kappa shape index (κ1) is 20.1. The van der Waals surface area contributed by atoms with Gasteiger partial charge in [-0.3, -0.25) is 14.5 Å². The van der Waals surface area contributed by atoms with Crippen molar-refractivity contribution in [2.24, 2.45) is 5.92 Å². The second-order valence-corrected chi connectivity index (χ2v) is 9.16. The largest absolute Gasteiger partial charge is 0.352 e. The van der Waals surface area contributed by atoms with Gasteiger partial charge in [-0.05, 0) is 64.2 Å². The van der Waals surface area contributed by atoms with E-state index >= 15 is 0 Å². The highest BCUT2D eigenvalue weighted by Gasteiger charge is 2.45. The molecule has 2 saturated heterocycles. The zero-order valence-corrected chi connectivity index (χ0v) is 16.8. The fourth-order valence-corrected chi connectivity index (χ4v) is 4.37. The van der Waals surface area contributed by atoms with Crippen LogP contribution in [0.1, 0.15) is 50.4 Å². The van der Waals surface area contributed by atoms with Crippen molar-refractivity contribution in [3.63, 3.8) is 0 Å². The molecule has 2 atom stereocenters. The summed E-state index contributed by atoms with van der Waals surface area (Å²) in [6.07, 6.45) is 3.04. The minimum absolute atomic E-state index is 0.0620. The van der Waals surface area contributed by atoms with Gasteiger partial charge >= 0.3 is 0 Å². The molecule has 27 heavy (non-hydrogen) atoms. The average Bonchev–Trinajstić information content (AvgIpc) is 2.55. The van der Waals surface area contributed by atoms with Crippen LogP contribution >= 0.6 is 11.6 Å². The van der Waals surface area contributed by atoms with Crippen molar-refractivity contribution in [3.8, 4) is 0 Å². The zero-order valence-electron chi connectivity index (χ0n) is 16.0. The third kappa shape index (κ3) is 5.20. The van der Waals surface area contributed by atoms with Crippen LogP contribution in [0.2, 0.25) is 5.02 Å². The van der Waals surface area contributed by atoms with Crippen LogP contribution in [0.3, 0.4) is 0 Å². The minimum Gasteiger partial charge on any atom is -0.352 e. The van der Waals surface area contributed by atoms with E-state index in [0.717, 1.165) is 19.3 Å². The summed E-state index contributed by atoms with van der Waals surface area (Å²) in [7, 11) is 0. The number of piperidine rings is 1. The molecule has 2 amide bonds. The molecule has 0 aromatic heterocycles. The summed E-state index contributed by atoms with van der Waals surface area (Å²) in [5, 5.41) is 6.11. The molecule has 4 rings (SSSR count). The maximum atomic E-state index is 13.4. The number of nitrogens with zero attached hydrogens (tertiary/aromatic N) is 1. The number of amides is 2. The van der Waals surface area contributed by atoms with E-state index in [2.05, 4.69) is 15.5 Å². The predicted octanol–water partition coefficient (Wildman–Crippen LogP) is 2.98. The minimum atomic E-state index is -0.518. The van der Waals surface area contributed by atoms with Crippen molar-refractivity contribution in [1.82, 2.24) is 15.5 Å². The van der Waals surface area contributed by atoms with Crippen LogP contribution in [0.15, 0.2) is 18.2 Å². The summed E-state index contributed by atoms with van der Waals surface area (Å²) < 4.78 is 13.4. The molecule has 0 radical (unpaired) electrons. The molecule has 5 nitrogen and oxygen atoms in total. The first-order valence-electron chi connectivity index (χ1n) is 9.42. The normalized spacial score (nSPS) is 24.9. The maximum Gasteiger partial charge on any atom is 0.251 e. The number of carbonyl (C=O) groups is 2.